The molecule has 37 heavy (non-hydrogen) atoms. The van der Waals surface area contributed by atoms with Crippen LogP contribution in [0.5, 0.6) is 0 Å². The number of nitrogens with one attached hydrogen (secondary N) is 1. The summed E-state index contributed by atoms with van der Waals surface area (Å²) in [7, 11) is 3.07. The third-order valence-electron chi connectivity index (χ3n) is 6.37. The molecule has 1 atom stereocenters. The number of hydrogen-bond acceptors (Lipinski definition) is 7. The van der Waals surface area contributed by atoms with Crippen LogP contribution >= 0.6 is 11.3 Å². The van der Waals surface area contributed by atoms with E-state index >= 15 is 0 Å². The number of nitrogens with zero attached hydrogens (tertiary/aromatic N) is 4. The van der Waals surface area contributed by atoms with Crippen LogP contribution in [0.25, 0.3) is 5.70 Å². The van der Waals surface area contributed by atoms with Crippen molar-refractivity contribution in [1.29, 1.82) is 5.26 Å². The molecule has 2 heterocycles. The van der Waals surface area contributed by atoms with Crippen LogP contribution in [0, 0.1) is 17.2 Å². The zero-order valence-corrected chi connectivity index (χ0v) is 22.8. The second kappa shape index (κ2) is 13.1. The fourth-order valence-corrected chi connectivity index (χ4v) is 5.20. The van der Waals surface area contributed by atoms with Crippen LogP contribution in [0.15, 0.2) is 41.2 Å². The van der Waals surface area contributed by atoms with Crippen molar-refractivity contribution in [2.24, 2.45) is 10.9 Å². The van der Waals surface area contributed by atoms with Crippen molar-refractivity contribution in [3.8, 4) is 6.07 Å². The summed E-state index contributed by atoms with van der Waals surface area (Å²) < 4.78 is 4.96. The van der Waals surface area contributed by atoms with Gasteiger partial charge in [-0.05, 0) is 36.8 Å². The maximum Gasteiger partial charge on any atom is 0.328 e. The number of likely N-dealkylation sites (tertiary alicyclic amines) is 1. The Balaban J connectivity index is 1.92. The number of piperidine rings is 1. The highest BCUT2D eigenvalue weighted by molar-refractivity contribution is 7.13. The molecule has 9 heteroatoms. The van der Waals surface area contributed by atoms with E-state index in [9.17, 15) is 14.9 Å². The second-order valence-electron chi connectivity index (χ2n) is 9.47. The van der Waals surface area contributed by atoms with Gasteiger partial charge in [0.05, 0.1) is 30.8 Å². The predicted octanol–water partition coefficient (Wildman–Crippen LogP) is 4.80. The number of methoxy groups -OCH3 is 1. The van der Waals surface area contributed by atoms with Gasteiger partial charge in [0.15, 0.2) is 0 Å². The standard InChI is InChI=1S/C28H35N5O3S/c1-19(2)24(28(35)36-5)31-20(3)23-17-37-26(25(23)30-18-33-13-9-6-10-14-33)27(34)32(4)16-22-12-8-7-11-21(22)15-29/h7-8,11-12,17-19,24,31H,3,6,9-10,13-14,16H2,1-2,4-5H3. The van der Waals surface area contributed by atoms with E-state index in [-0.39, 0.29) is 17.8 Å². The summed E-state index contributed by atoms with van der Waals surface area (Å²) in [6, 6.07) is 8.86. The molecule has 3 rings (SSSR count). The molecule has 1 amide bonds. The molecule has 1 unspecified atom stereocenters. The summed E-state index contributed by atoms with van der Waals surface area (Å²) in [5, 5.41) is 14.5. The van der Waals surface area contributed by atoms with E-state index in [1.54, 1.807) is 30.4 Å². The maximum absolute atomic E-state index is 13.6. The van der Waals surface area contributed by atoms with Crippen molar-refractivity contribution in [1.82, 2.24) is 15.1 Å². The molecule has 8 nitrogen and oxygen atoms in total. The van der Waals surface area contributed by atoms with E-state index in [1.165, 1.54) is 24.9 Å². The highest BCUT2D eigenvalue weighted by Crippen LogP contribution is 2.36. The number of hydrogen-bond donors (Lipinski definition) is 1. The van der Waals surface area contributed by atoms with Crippen molar-refractivity contribution < 1.29 is 14.3 Å². The van der Waals surface area contributed by atoms with Crippen LogP contribution in [0.2, 0.25) is 0 Å². The van der Waals surface area contributed by atoms with E-state index in [1.807, 2.05) is 31.4 Å². The van der Waals surface area contributed by atoms with Gasteiger partial charge in [-0.1, -0.05) is 38.6 Å². The molecule has 1 saturated heterocycles. The van der Waals surface area contributed by atoms with Crippen LogP contribution in [-0.4, -0.2) is 61.3 Å². The van der Waals surface area contributed by atoms with E-state index in [0.29, 0.717) is 33.9 Å². The Hall–Kier alpha value is -3.64. The Morgan fingerprint density at radius 2 is 2.00 bits per heavy atom. The Morgan fingerprint density at radius 3 is 2.65 bits per heavy atom. The SMILES string of the molecule is C=C(NC(C(=O)OC)C(C)C)c1csc(C(=O)N(C)Cc2ccccc2C#N)c1N=CN1CCCCC1. The largest absolute Gasteiger partial charge is 0.467 e. The molecule has 196 valence electrons. The van der Waals surface area contributed by atoms with Gasteiger partial charge in [0.1, 0.15) is 10.9 Å². The normalized spacial score (nSPS) is 14.3. The summed E-state index contributed by atoms with van der Waals surface area (Å²) in [5.74, 6) is -0.608. The lowest BCUT2D eigenvalue weighted by molar-refractivity contribution is -0.143. The van der Waals surface area contributed by atoms with Crippen molar-refractivity contribution in [3.05, 3.63) is 57.8 Å². The van der Waals surface area contributed by atoms with Gasteiger partial charge in [-0.15, -0.1) is 11.3 Å². The Bertz CT molecular complexity index is 1190. The number of nitriles is 1. The number of carbonyl (C=O) groups excluding carboxylic acids is 2. The number of aliphatic imine (C=N–C) groups is 1. The molecular weight excluding hydrogens is 486 g/mol. The molecule has 0 spiro atoms. The lowest BCUT2D eigenvalue weighted by Gasteiger charge is -2.24. The van der Waals surface area contributed by atoms with Crippen molar-refractivity contribution in [2.45, 2.75) is 45.7 Å². The van der Waals surface area contributed by atoms with Crippen LogP contribution in [-0.2, 0) is 16.1 Å². The number of benzene rings is 1. The molecule has 2 aromatic rings. The monoisotopic (exact) mass is 521 g/mol. The Labute approximate surface area is 223 Å². The number of rotatable bonds is 10. The number of ether oxygens (including phenoxy) is 1. The lowest BCUT2D eigenvalue weighted by atomic mass is 10.0. The lowest BCUT2D eigenvalue weighted by Crippen LogP contribution is -2.40. The van der Waals surface area contributed by atoms with E-state index < -0.39 is 6.04 Å². The van der Waals surface area contributed by atoms with E-state index in [0.717, 1.165) is 31.5 Å². The van der Waals surface area contributed by atoms with Crippen molar-refractivity contribution >= 4 is 40.9 Å². The van der Waals surface area contributed by atoms with Gasteiger partial charge in [-0.3, -0.25) is 4.79 Å². The van der Waals surface area contributed by atoms with Crippen LogP contribution in [0.3, 0.4) is 0 Å². The number of carbonyl (C=O) groups is 2. The quantitative estimate of drug-likeness (QED) is 0.274. The topological polar surface area (TPSA) is 98.0 Å². The summed E-state index contributed by atoms with van der Waals surface area (Å²) in [4.78, 5) is 34.9. The minimum atomic E-state index is -0.583. The van der Waals surface area contributed by atoms with Crippen molar-refractivity contribution in [3.63, 3.8) is 0 Å². The average Bonchev–Trinajstić information content (AvgIpc) is 3.34. The molecule has 1 aliphatic heterocycles. The van der Waals surface area contributed by atoms with Gasteiger partial charge in [0.25, 0.3) is 5.91 Å². The molecule has 0 radical (unpaired) electrons. The zero-order valence-electron chi connectivity index (χ0n) is 22.0. The van der Waals surface area contributed by atoms with E-state index in [4.69, 9.17) is 9.73 Å². The predicted molar refractivity (Wildman–Crippen MR) is 148 cm³/mol. The number of amides is 1. The molecule has 0 aliphatic carbocycles. The second-order valence-corrected chi connectivity index (χ2v) is 10.3. The molecule has 1 aromatic carbocycles. The molecular formula is C28H35N5O3S. The molecule has 0 bridgehead atoms. The molecule has 1 fully saturated rings. The molecule has 1 aromatic heterocycles. The average molecular weight is 522 g/mol. The van der Waals surface area contributed by atoms with Crippen LogP contribution in [0.1, 0.15) is 59.5 Å². The highest BCUT2D eigenvalue weighted by atomic mass is 32.1. The zero-order chi connectivity index (χ0) is 26.9. The van der Waals surface area contributed by atoms with Gasteiger partial charge >= 0.3 is 5.97 Å². The Kier molecular flexibility index (Phi) is 9.86. The van der Waals surface area contributed by atoms with Crippen molar-refractivity contribution in [2.75, 3.05) is 27.2 Å². The van der Waals surface area contributed by atoms with Gasteiger partial charge in [0, 0.05) is 43.3 Å². The summed E-state index contributed by atoms with van der Waals surface area (Å²) in [6.45, 7) is 10.2. The first-order chi connectivity index (χ1) is 17.8. The third-order valence-corrected chi connectivity index (χ3v) is 7.33. The minimum absolute atomic E-state index is 0.0319. The number of esters is 1. The number of thiophene rings is 1. The minimum Gasteiger partial charge on any atom is -0.467 e. The fraction of sp³-hybridized carbons (Fsp3) is 0.429. The first-order valence-corrected chi connectivity index (χ1v) is 13.3. The summed E-state index contributed by atoms with van der Waals surface area (Å²) in [6.07, 6.45) is 5.23. The van der Waals surface area contributed by atoms with Gasteiger partial charge in [-0.25, -0.2) is 9.79 Å². The first-order valence-electron chi connectivity index (χ1n) is 12.4. The maximum atomic E-state index is 13.6. The van der Waals surface area contributed by atoms with Gasteiger partial charge < -0.3 is 19.9 Å². The molecule has 1 N–H and O–H groups in total. The van der Waals surface area contributed by atoms with E-state index in [2.05, 4.69) is 22.9 Å². The van der Waals surface area contributed by atoms with Gasteiger partial charge in [-0.2, -0.15) is 5.26 Å². The fourth-order valence-electron chi connectivity index (χ4n) is 4.18. The summed E-state index contributed by atoms with van der Waals surface area (Å²) >= 11 is 1.29. The molecule has 0 saturated carbocycles. The Morgan fingerprint density at radius 1 is 1.30 bits per heavy atom. The molecule has 1 aliphatic rings. The van der Waals surface area contributed by atoms with Crippen LogP contribution < -0.4 is 5.32 Å². The summed E-state index contributed by atoms with van der Waals surface area (Å²) in [5.41, 5.74) is 3.01. The first kappa shape index (κ1) is 27.9. The smallest absolute Gasteiger partial charge is 0.328 e. The van der Waals surface area contributed by atoms with Crippen LogP contribution in [0.4, 0.5) is 5.69 Å². The third kappa shape index (κ3) is 6.98. The van der Waals surface area contributed by atoms with Gasteiger partial charge in [0.2, 0.25) is 0 Å². The highest BCUT2D eigenvalue weighted by Gasteiger charge is 2.27.